The van der Waals surface area contributed by atoms with Gasteiger partial charge in [0.2, 0.25) is 11.9 Å². The van der Waals surface area contributed by atoms with Crippen LogP contribution in [0.5, 0.6) is 5.75 Å². The minimum Gasteiger partial charge on any atom is -0.491 e. The number of anilines is 3. The average molecular weight is 369 g/mol. The van der Waals surface area contributed by atoms with E-state index in [0.717, 1.165) is 36.0 Å². The van der Waals surface area contributed by atoms with Gasteiger partial charge in [-0.05, 0) is 45.0 Å². The number of hydrogen-bond donors (Lipinski definition) is 1. The molecule has 1 N–H and O–H groups in total. The molecule has 1 amide bonds. The van der Waals surface area contributed by atoms with Gasteiger partial charge in [0.1, 0.15) is 11.6 Å². The van der Waals surface area contributed by atoms with Crippen molar-refractivity contribution in [1.82, 2.24) is 14.9 Å². The topological polar surface area (TPSA) is 70.6 Å². The summed E-state index contributed by atoms with van der Waals surface area (Å²) in [6.45, 7) is 10.5. The van der Waals surface area contributed by atoms with Crippen LogP contribution in [0.15, 0.2) is 30.3 Å². The lowest BCUT2D eigenvalue weighted by Gasteiger charge is -2.34. The monoisotopic (exact) mass is 369 g/mol. The molecule has 2 aromatic rings. The lowest BCUT2D eigenvalue weighted by atomic mass is 10.3. The Balaban J connectivity index is 1.69. The van der Waals surface area contributed by atoms with Gasteiger partial charge in [-0.1, -0.05) is 0 Å². The van der Waals surface area contributed by atoms with Gasteiger partial charge in [0, 0.05) is 50.6 Å². The quantitative estimate of drug-likeness (QED) is 0.874. The number of aromatic nitrogens is 2. The van der Waals surface area contributed by atoms with Gasteiger partial charge in [-0.2, -0.15) is 4.98 Å². The number of benzene rings is 1. The van der Waals surface area contributed by atoms with E-state index in [0.29, 0.717) is 19.0 Å². The van der Waals surface area contributed by atoms with Crippen LogP contribution in [-0.2, 0) is 4.79 Å². The van der Waals surface area contributed by atoms with Crippen LogP contribution in [0.2, 0.25) is 0 Å². The summed E-state index contributed by atoms with van der Waals surface area (Å²) >= 11 is 0. The van der Waals surface area contributed by atoms with Crippen LogP contribution < -0.4 is 15.0 Å². The highest BCUT2D eigenvalue weighted by atomic mass is 16.5. The molecule has 7 nitrogen and oxygen atoms in total. The summed E-state index contributed by atoms with van der Waals surface area (Å²) < 4.78 is 5.67. The standard InChI is InChI=1S/C20H27N5O2/c1-14(2)27-18-7-5-17(6-8-18)22-19-13-15(3)21-20(23-19)25-11-9-24(10-12-25)16(4)26/h5-8,13-14H,9-12H2,1-4H3,(H,21,22,23). The van der Waals surface area contributed by atoms with Crippen molar-refractivity contribution in [1.29, 1.82) is 0 Å². The summed E-state index contributed by atoms with van der Waals surface area (Å²) in [4.78, 5) is 24.7. The Morgan fingerprint density at radius 1 is 1.11 bits per heavy atom. The van der Waals surface area contributed by atoms with Gasteiger partial charge >= 0.3 is 0 Å². The van der Waals surface area contributed by atoms with Crippen molar-refractivity contribution in [2.24, 2.45) is 0 Å². The number of hydrogen-bond acceptors (Lipinski definition) is 6. The van der Waals surface area contributed by atoms with E-state index >= 15 is 0 Å². The molecule has 144 valence electrons. The predicted octanol–water partition coefficient (Wildman–Crippen LogP) is 2.98. The predicted molar refractivity (Wildman–Crippen MR) is 107 cm³/mol. The average Bonchev–Trinajstić information content (AvgIpc) is 2.62. The van der Waals surface area contributed by atoms with Crippen LogP contribution in [-0.4, -0.2) is 53.1 Å². The molecule has 3 rings (SSSR count). The Hall–Kier alpha value is -2.83. The van der Waals surface area contributed by atoms with Gasteiger partial charge < -0.3 is 19.9 Å². The maximum Gasteiger partial charge on any atom is 0.227 e. The van der Waals surface area contributed by atoms with Gasteiger partial charge in [-0.15, -0.1) is 0 Å². The molecule has 0 saturated carbocycles. The van der Waals surface area contributed by atoms with Gasteiger partial charge in [0.15, 0.2) is 0 Å². The molecule has 7 heteroatoms. The SMILES string of the molecule is CC(=O)N1CCN(c2nc(C)cc(Nc3ccc(OC(C)C)cc3)n2)CC1. The minimum absolute atomic E-state index is 0.118. The summed E-state index contributed by atoms with van der Waals surface area (Å²) in [7, 11) is 0. The van der Waals surface area contributed by atoms with Crippen LogP contribution >= 0.6 is 0 Å². The minimum atomic E-state index is 0.118. The number of rotatable bonds is 5. The van der Waals surface area contributed by atoms with Crippen molar-refractivity contribution in [3.8, 4) is 5.75 Å². The molecule has 0 bridgehead atoms. The van der Waals surface area contributed by atoms with Crippen LogP contribution in [0.1, 0.15) is 26.5 Å². The second-order valence-corrected chi connectivity index (χ2v) is 7.00. The summed E-state index contributed by atoms with van der Waals surface area (Å²) in [5.41, 5.74) is 1.84. The van der Waals surface area contributed by atoms with E-state index in [4.69, 9.17) is 4.74 Å². The van der Waals surface area contributed by atoms with Crippen LogP contribution in [0, 0.1) is 6.92 Å². The van der Waals surface area contributed by atoms with Crippen molar-refractivity contribution < 1.29 is 9.53 Å². The Bertz CT molecular complexity index is 783. The van der Waals surface area contributed by atoms with Crippen molar-refractivity contribution in [2.75, 3.05) is 36.4 Å². The second kappa shape index (κ2) is 8.24. The number of carbonyl (C=O) groups excluding carboxylic acids is 1. The number of aryl methyl sites for hydroxylation is 1. The van der Waals surface area contributed by atoms with E-state index in [1.54, 1.807) is 6.92 Å². The summed E-state index contributed by atoms with van der Waals surface area (Å²) in [6, 6.07) is 9.76. The summed E-state index contributed by atoms with van der Waals surface area (Å²) in [5.74, 6) is 2.41. The zero-order valence-electron chi connectivity index (χ0n) is 16.4. The number of amides is 1. The van der Waals surface area contributed by atoms with Gasteiger partial charge in [-0.25, -0.2) is 4.98 Å². The Morgan fingerprint density at radius 3 is 2.37 bits per heavy atom. The van der Waals surface area contributed by atoms with Crippen molar-refractivity contribution >= 4 is 23.4 Å². The van der Waals surface area contributed by atoms with E-state index in [1.165, 1.54) is 0 Å². The molecule has 0 spiro atoms. The molecule has 0 aliphatic carbocycles. The first kappa shape index (κ1) is 18.9. The van der Waals surface area contributed by atoms with E-state index in [2.05, 4.69) is 20.2 Å². The van der Waals surface area contributed by atoms with E-state index in [-0.39, 0.29) is 12.0 Å². The third-order valence-electron chi connectivity index (χ3n) is 4.35. The fourth-order valence-electron chi connectivity index (χ4n) is 3.02. The maximum absolute atomic E-state index is 11.5. The first-order valence-electron chi connectivity index (χ1n) is 9.30. The lowest BCUT2D eigenvalue weighted by Crippen LogP contribution is -2.48. The zero-order chi connectivity index (χ0) is 19.4. The molecule has 1 aliphatic heterocycles. The fraction of sp³-hybridized carbons (Fsp3) is 0.450. The third-order valence-corrected chi connectivity index (χ3v) is 4.35. The van der Waals surface area contributed by atoms with Gasteiger partial charge in [-0.3, -0.25) is 4.79 Å². The Morgan fingerprint density at radius 2 is 1.78 bits per heavy atom. The maximum atomic E-state index is 11.5. The zero-order valence-corrected chi connectivity index (χ0v) is 16.4. The number of nitrogens with one attached hydrogen (secondary N) is 1. The molecule has 2 heterocycles. The molecule has 0 radical (unpaired) electrons. The van der Waals surface area contributed by atoms with Crippen LogP contribution in [0.25, 0.3) is 0 Å². The Labute approximate surface area is 160 Å². The molecule has 1 saturated heterocycles. The molecule has 1 aromatic carbocycles. The molecular weight excluding hydrogens is 342 g/mol. The lowest BCUT2D eigenvalue weighted by molar-refractivity contribution is -0.129. The van der Waals surface area contributed by atoms with E-state index in [9.17, 15) is 4.79 Å². The normalized spacial score (nSPS) is 14.4. The summed E-state index contributed by atoms with van der Waals surface area (Å²) in [6.07, 6.45) is 0.152. The third kappa shape index (κ3) is 5.09. The number of ether oxygens (including phenoxy) is 1. The van der Waals surface area contributed by atoms with Crippen molar-refractivity contribution in [3.63, 3.8) is 0 Å². The molecule has 1 fully saturated rings. The molecular formula is C20H27N5O2. The number of piperazine rings is 1. The van der Waals surface area contributed by atoms with E-state index in [1.807, 2.05) is 56.0 Å². The highest BCUT2D eigenvalue weighted by Gasteiger charge is 2.21. The second-order valence-electron chi connectivity index (χ2n) is 7.00. The van der Waals surface area contributed by atoms with E-state index < -0.39 is 0 Å². The first-order valence-corrected chi connectivity index (χ1v) is 9.30. The van der Waals surface area contributed by atoms with Gasteiger partial charge in [0.25, 0.3) is 0 Å². The number of nitrogens with zero attached hydrogens (tertiary/aromatic N) is 4. The smallest absolute Gasteiger partial charge is 0.227 e. The molecule has 1 aliphatic rings. The fourth-order valence-corrected chi connectivity index (χ4v) is 3.02. The first-order chi connectivity index (χ1) is 12.9. The van der Waals surface area contributed by atoms with Crippen molar-refractivity contribution in [3.05, 3.63) is 36.0 Å². The highest BCUT2D eigenvalue weighted by molar-refractivity contribution is 5.73. The molecule has 27 heavy (non-hydrogen) atoms. The largest absolute Gasteiger partial charge is 0.491 e. The molecule has 0 unspecified atom stereocenters. The van der Waals surface area contributed by atoms with Gasteiger partial charge in [0.05, 0.1) is 6.10 Å². The van der Waals surface area contributed by atoms with Crippen molar-refractivity contribution in [2.45, 2.75) is 33.8 Å². The Kier molecular flexibility index (Phi) is 5.78. The van der Waals surface area contributed by atoms with Crippen LogP contribution in [0.4, 0.5) is 17.5 Å². The molecule has 0 atom stereocenters. The molecule has 1 aromatic heterocycles. The number of carbonyl (C=O) groups is 1. The highest BCUT2D eigenvalue weighted by Crippen LogP contribution is 2.22. The summed E-state index contributed by atoms with van der Waals surface area (Å²) in [5, 5.41) is 3.33. The van der Waals surface area contributed by atoms with Crippen LogP contribution in [0.3, 0.4) is 0 Å².